The summed E-state index contributed by atoms with van der Waals surface area (Å²) in [5.74, 6) is -2.10. The molecule has 2 heterocycles. The summed E-state index contributed by atoms with van der Waals surface area (Å²) in [5.41, 5.74) is 0.329. The Bertz CT molecular complexity index is 852. The fraction of sp³-hybridized carbons (Fsp3) is 0.650. The molecule has 1 aromatic heterocycles. The summed E-state index contributed by atoms with van der Waals surface area (Å²) in [6.45, 7) is 11.3. The smallest absolute Gasteiger partial charge is 0.273 e. The van der Waals surface area contributed by atoms with E-state index in [0.717, 1.165) is 10.9 Å². The zero-order valence-electron chi connectivity index (χ0n) is 16.4. The molecule has 3 rings (SSSR count). The molecule has 0 radical (unpaired) electrons. The van der Waals surface area contributed by atoms with Crippen LogP contribution in [0.5, 0.6) is 0 Å². The zero-order chi connectivity index (χ0) is 19.4. The van der Waals surface area contributed by atoms with Crippen LogP contribution in [0.25, 0.3) is 11.9 Å². The Labute approximate surface area is 152 Å². The molecular weight excluding hydrogens is 339 g/mol. The maximum Gasteiger partial charge on any atom is 0.273 e. The van der Waals surface area contributed by atoms with E-state index in [2.05, 4.69) is 4.98 Å². The number of alkyl halides is 2. The highest BCUT2D eigenvalue weighted by atomic mass is 19.3. The van der Waals surface area contributed by atoms with E-state index in [9.17, 15) is 13.2 Å². The molecule has 0 N–H and O–H groups in total. The summed E-state index contributed by atoms with van der Waals surface area (Å²) < 4.78 is 43.7. The first-order valence-electron chi connectivity index (χ1n) is 9.26. The van der Waals surface area contributed by atoms with Gasteiger partial charge < -0.3 is 4.57 Å². The third-order valence-corrected chi connectivity index (χ3v) is 5.46. The van der Waals surface area contributed by atoms with E-state index in [-0.39, 0.29) is 30.9 Å². The van der Waals surface area contributed by atoms with Crippen molar-refractivity contribution in [2.75, 3.05) is 13.1 Å². The number of imidazole rings is 1. The van der Waals surface area contributed by atoms with Crippen molar-refractivity contribution in [1.82, 2.24) is 14.5 Å². The highest BCUT2D eigenvalue weighted by molar-refractivity contribution is 5.53. The fourth-order valence-electron chi connectivity index (χ4n) is 3.73. The molecule has 0 amide bonds. The third kappa shape index (κ3) is 3.13. The van der Waals surface area contributed by atoms with Crippen molar-refractivity contribution in [3.05, 3.63) is 28.2 Å². The van der Waals surface area contributed by atoms with E-state index < -0.39 is 11.5 Å². The number of hydrogen-bond donors (Lipinski definition) is 0. The number of rotatable bonds is 4. The first-order valence-corrected chi connectivity index (χ1v) is 9.26. The van der Waals surface area contributed by atoms with Crippen LogP contribution in [-0.4, -0.2) is 33.5 Å². The highest BCUT2D eigenvalue weighted by Crippen LogP contribution is 2.37. The Balaban J connectivity index is 2.17. The van der Waals surface area contributed by atoms with Crippen LogP contribution >= 0.6 is 0 Å². The molecule has 0 spiro atoms. The van der Waals surface area contributed by atoms with Gasteiger partial charge in [0.05, 0.1) is 24.0 Å². The lowest BCUT2D eigenvalue weighted by molar-refractivity contribution is -0.167. The fourth-order valence-corrected chi connectivity index (χ4v) is 3.73. The maximum atomic E-state index is 14.9. The van der Waals surface area contributed by atoms with Gasteiger partial charge >= 0.3 is 0 Å². The van der Waals surface area contributed by atoms with E-state index in [1.54, 1.807) is 11.0 Å². The summed E-state index contributed by atoms with van der Waals surface area (Å²) in [7, 11) is 0. The van der Waals surface area contributed by atoms with Crippen molar-refractivity contribution in [2.24, 2.45) is 5.92 Å². The molecule has 6 heteroatoms. The first kappa shape index (κ1) is 19.2. The second-order valence-corrected chi connectivity index (χ2v) is 8.53. The molecule has 2 aliphatic rings. The second-order valence-electron chi connectivity index (χ2n) is 8.53. The van der Waals surface area contributed by atoms with Crippen LogP contribution in [0.3, 0.4) is 0 Å². The Hall–Kier alpha value is -1.56. The van der Waals surface area contributed by atoms with Crippen molar-refractivity contribution in [2.45, 2.75) is 65.5 Å². The number of allylic oxidation sites excluding steroid dienone is 2. The monoisotopic (exact) mass is 367 g/mol. The van der Waals surface area contributed by atoms with Gasteiger partial charge in [-0.25, -0.2) is 18.2 Å². The maximum absolute atomic E-state index is 14.9. The predicted molar refractivity (Wildman–Crippen MR) is 97.9 cm³/mol. The molecule has 0 saturated carbocycles. The quantitative estimate of drug-likeness (QED) is 0.812. The Morgan fingerprint density at radius 3 is 2.27 bits per heavy atom. The van der Waals surface area contributed by atoms with E-state index in [1.807, 2.05) is 52.2 Å². The SMILES string of the molecule is CC(C)C1=CC(F)=c2nc(C(C)(C)N3CC(F)(F)C3)n(C(C)C)c2=CC1. The van der Waals surface area contributed by atoms with Gasteiger partial charge in [-0.15, -0.1) is 0 Å². The second kappa shape index (κ2) is 6.25. The summed E-state index contributed by atoms with van der Waals surface area (Å²) in [6.07, 6.45) is 4.27. The van der Waals surface area contributed by atoms with Crippen LogP contribution in [0.1, 0.15) is 59.8 Å². The molecule has 0 unspecified atom stereocenters. The highest BCUT2D eigenvalue weighted by Gasteiger charge is 2.51. The number of hydrogen-bond acceptors (Lipinski definition) is 2. The first-order chi connectivity index (χ1) is 11.9. The lowest BCUT2D eigenvalue weighted by atomic mass is 9.95. The lowest BCUT2D eigenvalue weighted by Gasteiger charge is -2.48. The van der Waals surface area contributed by atoms with Gasteiger partial charge in [0.15, 0.2) is 5.83 Å². The molecule has 1 aliphatic heterocycles. The van der Waals surface area contributed by atoms with Crippen LogP contribution in [-0.2, 0) is 5.54 Å². The van der Waals surface area contributed by atoms with Gasteiger partial charge in [0.2, 0.25) is 0 Å². The van der Waals surface area contributed by atoms with E-state index in [1.165, 1.54) is 0 Å². The minimum Gasteiger partial charge on any atom is -0.324 e. The Morgan fingerprint density at radius 2 is 1.77 bits per heavy atom. The Morgan fingerprint density at radius 1 is 1.15 bits per heavy atom. The van der Waals surface area contributed by atoms with Crippen molar-refractivity contribution < 1.29 is 13.2 Å². The average Bonchev–Trinajstić information content (AvgIpc) is 2.81. The van der Waals surface area contributed by atoms with Crippen molar-refractivity contribution in [3.8, 4) is 0 Å². The van der Waals surface area contributed by atoms with Gasteiger partial charge in [-0.3, -0.25) is 4.90 Å². The molecule has 26 heavy (non-hydrogen) atoms. The van der Waals surface area contributed by atoms with Gasteiger partial charge in [-0.2, -0.15) is 0 Å². The van der Waals surface area contributed by atoms with Gasteiger partial charge in [-0.05, 0) is 46.1 Å². The van der Waals surface area contributed by atoms with Crippen molar-refractivity contribution in [3.63, 3.8) is 0 Å². The van der Waals surface area contributed by atoms with Crippen LogP contribution in [0.15, 0.2) is 11.6 Å². The standard InChI is InChI=1S/C20H28F3N3/c1-12(2)14-7-8-16-17(15(21)9-14)24-18(26(16)13(3)4)19(5,6)25-10-20(22,23)11-25/h8-9,12-13H,7,10-11H2,1-6H3. The van der Waals surface area contributed by atoms with Crippen LogP contribution < -0.4 is 10.7 Å². The number of fused-ring (bicyclic) bond motifs is 1. The molecule has 0 bridgehead atoms. The molecule has 0 atom stereocenters. The number of nitrogens with zero attached hydrogens (tertiary/aromatic N) is 3. The summed E-state index contributed by atoms with van der Waals surface area (Å²) in [6, 6.07) is 0.0481. The van der Waals surface area contributed by atoms with Crippen LogP contribution in [0, 0.1) is 5.92 Å². The van der Waals surface area contributed by atoms with Gasteiger partial charge in [-0.1, -0.05) is 25.5 Å². The predicted octanol–water partition coefficient (Wildman–Crippen LogP) is 3.49. The number of halogens is 3. The molecule has 1 saturated heterocycles. The number of likely N-dealkylation sites (tertiary alicyclic amines) is 1. The normalized spacial score (nSPS) is 20.6. The van der Waals surface area contributed by atoms with E-state index in [4.69, 9.17) is 0 Å². The molecule has 1 fully saturated rings. The van der Waals surface area contributed by atoms with E-state index >= 15 is 0 Å². The summed E-state index contributed by atoms with van der Waals surface area (Å²) >= 11 is 0. The minimum atomic E-state index is -2.65. The van der Waals surface area contributed by atoms with Gasteiger partial charge in [0.25, 0.3) is 5.92 Å². The van der Waals surface area contributed by atoms with Gasteiger partial charge in [0, 0.05) is 6.04 Å². The summed E-state index contributed by atoms with van der Waals surface area (Å²) in [4.78, 5) is 6.33. The van der Waals surface area contributed by atoms with Crippen LogP contribution in [0.4, 0.5) is 13.2 Å². The molecule has 1 aliphatic carbocycles. The van der Waals surface area contributed by atoms with Gasteiger partial charge in [0.1, 0.15) is 11.2 Å². The average molecular weight is 367 g/mol. The zero-order valence-corrected chi connectivity index (χ0v) is 16.4. The molecule has 144 valence electrons. The number of aromatic nitrogens is 2. The lowest BCUT2D eigenvalue weighted by Crippen LogP contribution is -2.63. The topological polar surface area (TPSA) is 21.1 Å². The molecule has 0 aromatic carbocycles. The van der Waals surface area contributed by atoms with E-state index in [0.29, 0.717) is 17.6 Å². The van der Waals surface area contributed by atoms with Crippen molar-refractivity contribution >= 4 is 11.9 Å². The minimum absolute atomic E-state index is 0.0481. The largest absolute Gasteiger partial charge is 0.324 e. The van der Waals surface area contributed by atoms with Crippen molar-refractivity contribution in [1.29, 1.82) is 0 Å². The Kier molecular flexibility index (Phi) is 4.62. The third-order valence-electron chi connectivity index (χ3n) is 5.46. The molecule has 1 aromatic rings. The van der Waals surface area contributed by atoms with Crippen LogP contribution in [0.2, 0.25) is 0 Å². The summed E-state index contributed by atoms with van der Waals surface area (Å²) in [5, 5.41) is 1.07. The molecular formula is C20H28F3N3. The molecule has 3 nitrogen and oxygen atoms in total.